The maximum absolute atomic E-state index is 5.80. The van der Waals surface area contributed by atoms with Crippen LogP contribution in [-0.2, 0) is 0 Å². The van der Waals surface area contributed by atoms with E-state index in [1.807, 2.05) is 13.1 Å². The fourth-order valence-corrected chi connectivity index (χ4v) is 1.97. The molecule has 4 heteroatoms. The summed E-state index contributed by atoms with van der Waals surface area (Å²) in [5.41, 5.74) is 6.81. The van der Waals surface area contributed by atoms with Gasteiger partial charge in [-0.1, -0.05) is 0 Å². The van der Waals surface area contributed by atoms with Gasteiger partial charge in [0.25, 0.3) is 0 Å². The number of likely N-dealkylation sites (tertiary alicyclic amines) is 1. The van der Waals surface area contributed by atoms with Crippen molar-refractivity contribution in [1.29, 1.82) is 0 Å². The fourth-order valence-electron chi connectivity index (χ4n) is 1.97. The van der Waals surface area contributed by atoms with Crippen molar-refractivity contribution in [3.05, 3.63) is 11.9 Å². The lowest BCUT2D eigenvalue weighted by atomic mass is 10.2. The first kappa shape index (κ1) is 8.56. The molecule has 2 N–H and O–H groups in total. The van der Waals surface area contributed by atoms with Crippen LogP contribution in [0.2, 0.25) is 0 Å². The molecule has 0 radical (unpaired) electrons. The summed E-state index contributed by atoms with van der Waals surface area (Å²) in [6.45, 7) is 4.22. The molecule has 1 atom stereocenters. The molecule has 13 heavy (non-hydrogen) atoms. The zero-order valence-electron chi connectivity index (χ0n) is 8.20. The first-order valence-corrected chi connectivity index (χ1v) is 4.66. The van der Waals surface area contributed by atoms with Gasteiger partial charge in [0.15, 0.2) is 0 Å². The van der Waals surface area contributed by atoms with Crippen LogP contribution in [0.4, 0.5) is 5.95 Å². The molecule has 1 aromatic heterocycles. The van der Waals surface area contributed by atoms with E-state index in [0.717, 1.165) is 18.8 Å². The van der Waals surface area contributed by atoms with Crippen LogP contribution < -0.4 is 5.73 Å². The number of nitrogens with zero attached hydrogens (tertiary/aromatic N) is 3. The number of nitrogens with two attached hydrogens (primary N) is 1. The number of nitrogen functional groups attached to an aromatic ring is 1. The normalized spacial score (nSPS) is 24.0. The van der Waals surface area contributed by atoms with Crippen LogP contribution in [-0.4, -0.2) is 34.6 Å². The molecule has 0 spiro atoms. The first-order chi connectivity index (χ1) is 6.16. The molecule has 0 aromatic carbocycles. The molecule has 1 unspecified atom stereocenters. The lowest BCUT2D eigenvalue weighted by molar-refractivity contribution is 0.393. The van der Waals surface area contributed by atoms with E-state index in [-0.39, 0.29) is 0 Å². The van der Waals surface area contributed by atoms with Gasteiger partial charge in [0.2, 0.25) is 5.95 Å². The van der Waals surface area contributed by atoms with Crippen LogP contribution in [0.15, 0.2) is 6.20 Å². The van der Waals surface area contributed by atoms with Crippen molar-refractivity contribution in [3.8, 4) is 0 Å². The second-order valence-electron chi connectivity index (χ2n) is 3.85. The van der Waals surface area contributed by atoms with Crippen LogP contribution in [0.1, 0.15) is 18.2 Å². The second kappa shape index (κ2) is 3.03. The zero-order valence-corrected chi connectivity index (χ0v) is 8.20. The number of hydrogen-bond donors (Lipinski definition) is 1. The number of rotatable bonds is 1. The van der Waals surface area contributed by atoms with E-state index in [4.69, 9.17) is 5.73 Å². The molecule has 1 aromatic rings. The molecule has 0 saturated carbocycles. The van der Waals surface area contributed by atoms with Crippen molar-refractivity contribution < 1.29 is 0 Å². The van der Waals surface area contributed by atoms with Crippen LogP contribution >= 0.6 is 0 Å². The Labute approximate surface area is 78.4 Å². The standard InChI is InChI=1S/C9H16N4/c1-7-5-13(9(10)11-7)8-3-4-12(2)6-8/h5,8H,3-4,6H2,1-2H3,(H2,10,11). The van der Waals surface area contributed by atoms with Crippen molar-refractivity contribution >= 4 is 5.95 Å². The number of likely N-dealkylation sites (N-methyl/N-ethyl adjacent to an activating group) is 1. The summed E-state index contributed by atoms with van der Waals surface area (Å²) in [5, 5.41) is 0. The van der Waals surface area contributed by atoms with E-state index in [2.05, 4.69) is 21.5 Å². The van der Waals surface area contributed by atoms with E-state index >= 15 is 0 Å². The van der Waals surface area contributed by atoms with Gasteiger partial charge in [-0.25, -0.2) is 4.98 Å². The molecule has 0 bridgehead atoms. The average Bonchev–Trinajstić information content (AvgIpc) is 2.58. The van der Waals surface area contributed by atoms with Gasteiger partial charge >= 0.3 is 0 Å². The minimum absolute atomic E-state index is 0.520. The molecule has 2 rings (SSSR count). The topological polar surface area (TPSA) is 47.1 Å². The first-order valence-electron chi connectivity index (χ1n) is 4.66. The number of aryl methyl sites for hydroxylation is 1. The van der Waals surface area contributed by atoms with E-state index in [1.165, 1.54) is 6.42 Å². The maximum Gasteiger partial charge on any atom is 0.200 e. The Kier molecular flexibility index (Phi) is 2.00. The number of hydrogen-bond acceptors (Lipinski definition) is 3. The second-order valence-corrected chi connectivity index (χ2v) is 3.85. The third-order valence-electron chi connectivity index (χ3n) is 2.64. The van der Waals surface area contributed by atoms with Gasteiger partial charge < -0.3 is 15.2 Å². The van der Waals surface area contributed by atoms with Gasteiger partial charge in [-0.05, 0) is 26.9 Å². The quantitative estimate of drug-likeness (QED) is 0.690. The highest BCUT2D eigenvalue weighted by molar-refractivity contribution is 5.22. The van der Waals surface area contributed by atoms with Gasteiger partial charge in [0.1, 0.15) is 0 Å². The maximum atomic E-state index is 5.80. The monoisotopic (exact) mass is 180 g/mol. The third kappa shape index (κ3) is 1.54. The minimum Gasteiger partial charge on any atom is -0.369 e. The van der Waals surface area contributed by atoms with Crippen LogP contribution in [0.3, 0.4) is 0 Å². The molecule has 0 amide bonds. The van der Waals surface area contributed by atoms with Crippen molar-refractivity contribution in [3.63, 3.8) is 0 Å². The Bertz CT molecular complexity index is 305. The highest BCUT2D eigenvalue weighted by atomic mass is 15.2. The molecule has 1 aliphatic heterocycles. The molecular formula is C9H16N4. The van der Waals surface area contributed by atoms with Crippen molar-refractivity contribution in [2.75, 3.05) is 25.9 Å². The summed E-state index contributed by atoms with van der Waals surface area (Å²) >= 11 is 0. The molecular weight excluding hydrogens is 164 g/mol. The van der Waals surface area contributed by atoms with E-state index in [0.29, 0.717) is 12.0 Å². The van der Waals surface area contributed by atoms with Crippen LogP contribution in [0, 0.1) is 6.92 Å². The van der Waals surface area contributed by atoms with Crippen molar-refractivity contribution in [1.82, 2.24) is 14.5 Å². The Morgan fingerprint density at radius 3 is 2.85 bits per heavy atom. The summed E-state index contributed by atoms with van der Waals surface area (Å²) in [5.74, 6) is 0.651. The molecule has 1 saturated heterocycles. The van der Waals surface area contributed by atoms with E-state index in [9.17, 15) is 0 Å². The molecule has 2 heterocycles. The summed E-state index contributed by atoms with van der Waals surface area (Å²) in [6.07, 6.45) is 3.22. The molecule has 72 valence electrons. The van der Waals surface area contributed by atoms with Crippen molar-refractivity contribution in [2.24, 2.45) is 0 Å². The van der Waals surface area contributed by atoms with Gasteiger partial charge in [-0.15, -0.1) is 0 Å². The highest BCUT2D eigenvalue weighted by Crippen LogP contribution is 2.23. The van der Waals surface area contributed by atoms with E-state index < -0.39 is 0 Å². The van der Waals surface area contributed by atoms with Crippen LogP contribution in [0.5, 0.6) is 0 Å². The number of imidazole rings is 1. The SMILES string of the molecule is Cc1cn(C2CCN(C)C2)c(N)n1. The fraction of sp³-hybridized carbons (Fsp3) is 0.667. The van der Waals surface area contributed by atoms with Gasteiger partial charge in [0, 0.05) is 12.7 Å². The predicted octanol–water partition coefficient (Wildman–Crippen LogP) is 0.650. The Morgan fingerprint density at radius 2 is 2.38 bits per heavy atom. The van der Waals surface area contributed by atoms with Gasteiger partial charge in [-0.2, -0.15) is 0 Å². The molecule has 1 fully saturated rings. The van der Waals surface area contributed by atoms with Gasteiger partial charge in [-0.3, -0.25) is 0 Å². The summed E-state index contributed by atoms with van der Waals surface area (Å²) in [6, 6.07) is 0.520. The molecule has 4 nitrogen and oxygen atoms in total. The zero-order chi connectivity index (χ0) is 9.42. The van der Waals surface area contributed by atoms with Crippen molar-refractivity contribution in [2.45, 2.75) is 19.4 Å². The van der Waals surface area contributed by atoms with E-state index in [1.54, 1.807) is 0 Å². The van der Waals surface area contributed by atoms with Crippen LogP contribution in [0.25, 0.3) is 0 Å². The third-order valence-corrected chi connectivity index (χ3v) is 2.64. The summed E-state index contributed by atoms with van der Waals surface area (Å²) in [7, 11) is 2.14. The Balaban J connectivity index is 2.20. The lowest BCUT2D eigenvalue weighted by Gasteiger charge is -2.12. The molecule has 1 aliphatic rings. The smallest absolute Gasteiger partial charge is 0.200 e. The highest BCUT2D eigenvalue weighted by Gasteiger charge is 2.22. The predicted molar refractivity (Wildman–Crippen MR) is 52.5 cm³/mol. The lowest BCUT2D eigenvalue weighted by Crippen LogP contribution is -2.17. The average molecular weight is 180 g/mol. The minimum atomic E-state index is 0.520. The Morgan fingerprint density at radius 1 is 1.62 bits per heavy atom. The largest absolute Gasteiger partial charge is 0.369 e. The summed E-state index contributed by atoms with van der Waals surface area (Å²) in [4.78, 5) is 6.52. The number of aromatic nitrogens is 2. The Hall–Kier alpha value is -1.03. The number of anilines is 1. The molecule has 0 aliphatic carbocycles. The van der Waals surface area contributed by atoms with Gasteiger partial charge in [0.05, 0.1) is 11.7 Å². The summed E-state index contributed by atoms with van der Waals surface area (Å²) < 4.78 is 2.10.